The van der Waals surface area contributed by atoms with E-state index < -0.39 is 0 Å². The first-order valence-electron chi connectivity index (χ1n) is 10.8. The second-order valence-electron chi connectivity index (χ2n) is 8.22. The molecule has 6 heteroatoms. The summed E-state index contributed by atoms with van der Waals surface area (Å²) in [4.78, 5) is 11.7. The van der Waals surface area contributed by atoms with E-state index >= 15 is 0 Å². The maximum atomic E-state index is 5.61. The van der Waals surface area contributed by atoms with Gasteiger partial charge in [0.25, 0.3) is 0 Å². The highest BCUT2D eigenvalue weighted by atomic mass is 16.5. The first kappa shape index (κ1) is 22.5. The van der Waals surface area contributed by atoms with Crippen LogP contribution in [0.1, 0.15) is 59.4 Å². The molecule has 1 aromatic rings. The number of morpholine rings is 1. The molecule has 28 heavy (non-hydrogen) atoms. The molecule has 0 amide bonds. The summed E-state index contributed by atoms with van der Waals surface area (Å²) in [5.74, 6) is 2.67. The Morgan fingerprint density at radius 1 is 1.32 bits per heavy atom. The number of pyridine rings is 1. The van der Waals surface area contributed by atoms with Crippen molar-refractivity contribution in [2.75, 3.05) is 31.1 Å². The van der Waals surface area contributed by atoms with E-state index in [9.17, 15) is 0 Å². The molecule has 0 saturated carbocycles. The lowest BCUT2D eigenvalue weighted by molar-refractivity contribution is 0.0529. The molecule has 2 heterocycles. The van der Waals surface area contributed by atoms with E-state index in [1.165, 1.54) is 12.8 Å². The number of nitrogens with zero attached hydrogens (tertiary/aromatic N) is 3. The average Bonchev–Trinajstić information content (AvgIpc) is 2.66. The standard InChI is InChI=1S/C22H39N5O/c1-6-23-22(26-18(4)9-7-8-17(2)3)25-15-20-10-11-21(24-14-20)27-12-13-28-19(5)16-27/h10-11,14,17-19H,6-9,12-13,15-16H2,1-5H3,(H2,23,25,26). The van der Waals surface area contributed by atoms with Gasteiger partial charge in [-0.3, -0.25) is 0 Å². The van der Waals surface area contributed by atoms with Crippen molar-refractivity contribution in [1.29, 1.82) is 0 Å². The van der Waals surface area contributed by atoms with Crippen LogP contribution >= 0.6 is 0 Å². The third kappa shape index (κ3) is 8.05. The minimum absolute atomic E-state index is 0.260. The largest absolute Gasteiger partial charge is 0.375 e. The first-order valence-corrected chi connectivity index (χ1v) is 10.8. The molecule has 0 spiro atoms. The lowest BCUT2D eigenvalue weighted by atomic mass is 10.0. The number of guanidine groups is 1. The molecule has 0 radical (unpaired) electrons. The topological polar surface area (TPSA) is 61.8 Å². The number of aromatic nitrogens is 1. The number of nitrogens with one attached hydrogen (secondary N) is 2. The fourth-order valence-corrected chi connectivity index (χ4v) is 3.35. The van der Waals surface area contributed by atoms with E-state index in [-0.39, 0.29) is 6.10 Å². The highest BCUT2D eigenvalue weighted by Crippen LogP contribution is 2.15. The summed E-state index contributed by atoms with van der Waals surface area (Å²) in [6.07, 6.45) is 5.89. The predicted octanol–water partition coefficient (Wildman–Crippen LogP) is 3.58. The fourth-order valence-electron chi connectivity index (χ4n) is 3.35. The number of rotatable bonds is 9. The van der Waals surface area contributed by atoms with E-state index in [0.717, 1.165) is 55.9 Å². The number of aliphatic imine (C=N–C) groups is 1. The Hall–Kier alpha value is -1.82. The molecule has 1 aromatic heterocycles. The molecule has 1 aliphatic heterocycles. The van der Waals surface area contributed by atoms with Gasteiger partial charge in [-0.2, -0.15) is 0 Å². The summed E-state index contributed by atoms with van der Waals surface area (Å²) in [5.41, 5.74) is 1.12. The van der Waals surface area contributed by atoms with Crippen molar-refractivity contribution >= 4 is 11.8 Å². The van der Waals surface area contributed by atoms with E-state index in [1.54, 1.807) is 0 Å². The summed E-state index contributed by atoms with van der Waals surface area (Å²) in [5, 5.41) is 6.87. The molecule has 6 nitrogen and oxygen atoms in total. The summed E-state index contributed by atoms with van der Waals surface area (Å²) in [6.45, 7) is 15.0. The van der Waals surface area contributed by atoms with Crippen LogP contribution in [0, 0.1) is 5.92 Å². The van der Waals surface area contributed by atoms with Crippen molar-refractivity contribution in [3.8, 4) is 0 Å². The Balaban J connectivity index is 1.87. The summed E-state index contributed by atoms with van der Waals surface area (Å²) < 4.78 is 5.61. The van der Waals surface area contributed by atoms with E-state index in [2.05, 4.69) is 67.3 Å². The number of hydrogen-bond donors (Lipinski definition) is 2. The quantitative estimate of drug-likeness (QED) is 0.499. The second-order valence-corrected chi connectivity index (χ2v) is 8.22. The zero-order valence-corrected chi connectivity index (χ0v) is 18.4. The summed E-state index contributed by atoms with van der Waals surface area (Å²) in [6, 6.07) is 4.64. The van der Waals surface area contributed by atoms with Gasteiger partial charge in [0, 0.05) is 31.9 Å². The van der Waals surface area contributed by atoms with Crippen molar-refractivity contribution in [1.82, 2.24) is 15.6 Å². The van der Waals surface area contributed by atoms with Crippen molar-refractivity contribution in [3.05, 3.63) is 23.9 Å². The van der Waals surface area contributed by atoms with Crippen LogP contribution in [0.4, 0.5) is 5.82 Å². The molecule has 2 unspecified atom stereocenters. The van der Waals surface area contributed by atoms with E-state index in [0.29, 0.717) is 12.6 Å². The van der Waals surface area contributed by atoms with Gasteiger partial charge in [0.2, 0.25) is 0 Å². The zero-order chi connectivity index (χ0) is 20.4. The predicted molar refractivity (Wildman–Crippen MR) is 118 cm³/mol. The van der Waals surface area contributed by atoms with Crippen LogP contribution in [-0.4, -0.2) is 49.3 Å². The Morgan fingerprint density at radius 2 is 2.14 bits per heavy atom. The lowest BCUT2D eigenvalue weighted by Gasteiger charge is -2.32. The van der Waals surface area contributed by atoms with Crippen LogP contribution in [0.25, 0.3) is 0 Å². The van der Waals surface area contributed by atoms with Gasteiger partial charge in [0.1, 0.15) is 5.82 Å². The van der Waals surface area contributed by atoms with Gasteiger partial charge in [-0.1, -0.05) is 32.8 Å². The van der Waals surface area contributed by atoms with Gasteiger partial charge in [-0.15, -0.1) is 0 Å². The molecule has 1 aliphatic rings. The molecule has 2 rings (SSSR count). The molecular weight excluding hydrogens is 350 g/mol. The Kier molecular flexibility index (Phi) is 9.55. The van der Waals surface area contributed by atoms with Gasteiger partial charge in [-0.25, -0.2) is 9.98 Å². The molecule has 1 fully saturated rings. The van der Waals surface area contributed by atoms with E-state index in [4.69, 9.17) is 9.73 Å². The Labute approximate surface area is 171 Å². The number of ether oxygens (including phenoxy) is 1. The average molecular weight is 390 g/mol. The molecule has 1 saturated heterocycles. The normalized spacial score (nSPS) is 19.0. The van der Waals surface area contributed by atoms with Gasteiger partial charge in [0.05, 0.1) is 19.3 Å². The van der Waals surface area contributed by atoms with Gasteiger partial charge in [-0.05, 0) is 44.7 Å². The molecule has 0 aromatic carbocycles. The highest BCUT2D eigenvalue weighted by Gasteiger charge is 2.17. The van der Waals surface area contributed by atoms with Crippen molar-refractivity contribution in [2.24, 2.45) is 10.9 Å². The molecule has 2 atom stereocenters. The van der Waals surface area contributed by atoms with Gasteiger partial charge >= 0.3 is 0 Å². The highest BCUT2D eigenvalue weighted by molar-refractivity contribution is 5.80. The smallest absolute Gasteiger partial charge is 0.191 e. The van der Waals surface area contributed by atoms with Gasteiger partial charge in [0.15, 0.2) is 5.96 Å². The molecule has 0 aliphatic carbocycles. The fraction of sp³-hybridized carbons (Fsp3) is 0.727. The monoisotopic (exact) mass is 389 g/mol. The SMILES string of the molecule is CCNC(=NCc1ccc(N2CCOC(C)C2)nc1)NC(C)CCCC(C)C. The summed E-state index contributed by atoms with van der Waals surface area (Å²) >= 11 is 0. The van der Waals surface area contributed by atoms with Crippen LogP contribution in [0.2, 0.25) is 0 Å². The second kappa shape index (κ2) is 11.9. The van der Waals surface area contributed by atoms with E-state index in [1.807, 2.05) is 6.20 Å². The van der Waals surface area contributed by atoms with Crippen LogP contribution in [0.15, 0.2) is 23.3 Å². The van der Waals surface area contributed by atoms with Crippen molar-refractivity contribution in [3.63, 3.8) is 0 Å². The Bertz CT molecular complexity index is 587. The molecule has 2 N–H and O–H groups in total. The van der Waals surface area contributed by atoms with Crippen molar-refractivity contribution in [2.45, 2.75) is 72.6 Å². The molecular formula is C22H39N5O. The maximum absolute atomic E-state index is 5.61. The van der Waals surface area contributed by atoms with Gasteiger partial charge < -0.3 is 20.3 Å². The van der Waals surface area contributed by atoms with Crippen LogP contribution in [0.5, 0.6) is 0 Å². The number of hydrogen-bond acceptors (Lipinski definition) is 4. The Morgan fingerprint density at radius 3 is 2.79 bits per heavy atom. The maximum Gasteiger partial charge on any atom is 0.191 e. The third-order valence-electron chi connectivity index (χ3n) is 4.94. The molecule has 0 bridgehead atoms. The van der Waals surface area contributed by atoms with Crippen LogP contribution in [-0.2, 0) is 11.3 Å². The first-order chi connectivity index (χ1) is 13.5. The van der Waals surface area contributed by atoms with Crippen molar-refractivity contribution < 1.29 is 4.74 Å². The van der Waals surface area contributed by atoms with Crippen LogP contribution < -0.4 is 15.5 Å². The lowest BCUT2D eigenvalue weighted by Crippen LogP contribution is -2.42. The van der Waals surface area contributed by atoms with Crippen LogP contribution in [0.3, 0.4) is 0 Å². The zero-order valence-electron chi connectivity index (χ0n) is 18.4. The third-order valence-corrected chi connectivity index (χ3v) is 4.94. The summed E-state index contributed by atoms with van der Waals surface area (Å²) in [7, 11) is 0. The number of anilines is 1. The minimum atomic E-state index is 0.260. The minimum Gasteiger partial charge on any atom is -0.375 e. The molecule has 158 valence electrons.